The number of guanidine groups is 1. The second kappa shape index (κ2) is 8.67. The molecule has 0 radical (unpaired) electrons. The number of nitrogens with one attached hydrogen (secondary N) is 2. The zero-order valence-corrected chi connectivity index (χ0v) is 13.7. The van der Waals surface area contributed by atoms with Crippen LogP contribution in [0.25, 0.3) is 0 Å². The quantitative estimate of drug-likeness (QED) is 0.464. The van der Waals surface area contributed by atoms with Crippen LogP contribution < -0.4 is 20.1 Å². The third-order valence-corrected chi connectivity index (χ3v) is 3.29. The van der Waals surface area contributed by atoms with Crippen LogP contribution >= 0.6 is 0 Å². The normalized spacial score (nSPS) is 11.2. The molecule has 2 rings (SSSR count). The monoisotopic (exact) mass is 317 g/mol. The summed E-state index contributed by atoms with van der Waals surface area (Å²) in [6.45, 7) is 1.67. The van der Waals surface area contributed by atoms with Crippen LogP contribution in [0.5, 0.6) is 11.5 Å². The molecular weight excluding hydrogens is 294 g/mol. The van der Waals surface area contributed by atoms with E-state index in [1.54, 1.807) is 27.5 Å². The molecule has 1 aromatic carbocycles. The Morgan fingerprint density at radius 1 is 1.26 bits per heavy atom. The lowest BCUT2D eigenvalue weighted by Crippen LogP contribution is -2.31. The van der Waals surface area contributed by atoms with Gasteiger partial charge in [0.15, 0.2) is 17.5 Å². The first-order valence-electron chi connectivity index (χ1n) is 7.44. The van der Waals surface area contributed by atoms with Gasteiger partial charge < -0.3 is 20.1 Å². The van der Waals surface area contributed by atoms with E-state index in [0.29, 0.717) is 17.5 Å². The van der Waals surface area contributed by atoms with E-state index in [2.05, 4.69) is 20.7 Å². The summed E-state index contributed by atoms with van der Waals surface area (Å²) in [5.41, 5.74) is 0.878. The molecule has 0 unspecified atom stereocenters. The number of hydrogen-bond donors (Lipinski definition) is 2. The van der Waals surface area contributed by atoms with Gasteiger partial charge in [0.2, 0.25) is 0 Å². The van der Waals surface area contributed by atoms with Crippen molar-refractivity contribution >= 4 is 11.6 Å². The Bertz CT molecular complexity index is 625. The number of ether oxygens (including phenoxy) is 2. The molecule has 2 aromatic rings. The summed E-state index contributed by atoms with van der Waals surface area (Å²) in [4.78, 5) is 4.22. The van der Waals surface area contributed by atoms with E-state index in [1.165, 1.54) is 0 Å². The van der Waals surface area contributed by atoms with Gasteiger partial charge in [0.05, 0.1) is 14.2 Å². The molecule has 0 aliphatic rings. The van der Waals surface area contributed by atoms with Gasteiger partial charge in [-0.1, -0.05) is 0 Å². The Morgan fingerprint density at radius 2 is 2.09 bits per heavy atom. The highest BCUT2D eigenvalue weighted by atomic mass is 16.5. The molecule has 0 spiro atoms. The first-order valence-corrected chi connectivity index (χ1v) is 7.44. The van der Waals surface area contributed by atoms with Crippen molar-refractivity contribution < 1.29 is 9.47 Å². The number of methoxy groups -OCH3 is 2. The van der Waals surface area contributed by atoms with Crippen LogP contribution in [0.1, 0.15) is 6.42 Å². The van der Waals surface area contributed by atoms with Crippen molar-refractivity contribution in [2.24, 2.45) is 4.99 Å². The molecule has 7 heteroatoms. The van der Waals surface area contributed by atoms with Gasteiger partial charge in [0.1, 0.15) is 0 Å². The molecule has 0 amide bonds. The Labute approximate surface area is 136 Å². The fraction of sp³-hybridized carbons (Fsp3) is 0.375. The van der Waals surface area contributed by atoms with E-state index in [4.69, 9.17) is 9.47 Å². The number of aromatic nitrogens is 2. The van der Waals surface area contributed by atoms with Crippen LogP contribution in [-0.2, 0) is 6.54 Å². The van der Waals surface area contributed by atoms with E-state index < -0.39 is 0 Å². The summed E-state index contributed by atoms with van der Waals surface area (Å²) in [6.07, 6.45) is 4.69. The largest absolute Gasteiger partial charge is 0.493 e. The molecule has 0 aliphatic carbocycles. The summed E-state index contributed by atoms with van der Waals surface area (Å²) in [7, 11) is 4.97. The highest BCUT2D eigenvalue weighted by Crippen LogP contribution is 2.29. The minimum absolute atomic E-state index is 0.673. The fourth-order valence-electron chi connectivity index (χ4n) is 2.11. The third kappa shape index (κ3) is 4.91. The number of hydrogen-bond acceptors (Lipinski definition) is 4. The average molecular weight is 317 g/mol. The van der Waals surface area contributed by atoms with Crippen molar-refractivity contribution in [3.05, 3.63) is 36.7 Å². The lowest BCUT2D eigenvalue weighted by molar-refractivity contribution is 0.355. The lowest BCUT2D eigenvalue weighted by atomic mass is 10.2. The Hall–Kier alpha value is -2.70. The Kier molecular flexibility index (Phi) is 6.28. The maximum Gasteiger partial charge on any atom is 0.195 e. The van der Waals surface area contributed by atoms with Gasteiger partial charge in [0, 0.05) is 44.3 Å². The van der Waals surface area contributed by atoms with Crippen molar-refractivity contribution in [1.29, 1.82) is 0 Å². The highest BCUT2D eigenvalue weighted by Gasteiger charge is 2.06. The number of benzene rings is 1. The molecule has 0 saturated carbocycles. The second-order valence-electron chi connectivity index (χ2n) is 4.82. The van der Waals surface area contributed by atoms with E-state index in [-0.39, 0.29) is 0 Å². The van der Waals surface area contributed by atoms with E-state index >= 15 is 0 Å². The number of anilines is 1. The minimum atomic E-state index is 0.673. The van der Waals surface area contributed by atoms with Crippen molar-refractivity contribution in [3.63, 3.8) is 0 Å². The first-order chi connectivity index (χ1) is 11.3. The molecule has 124 valence electrons. The summed E-state index contributed by atoms with van der Waals surface area (Å²) in [5, 5.41) is 10.7. The molecule has 1 heterocycles. The molecule has 0 aliphatic heterocycles. The van der Waals surface area contributed by atoms with Gasteiger partial charge in [-0.3, -0.25) is 9.67 Å². The topological polar surface area (TPSA) is 72.7 Å². The van der Waals surface area contributed by atoms with Crippen molar-refractivity contribution in [2.75, 3.05) is 33.1 Å². The maximum atomic E-state index is 5.30. The molecule has 1 aromatic heterocycles. The van der Waals surface area contributed by atoms with Crippen LogP contribution in [0.2, 0.25) is 0 Å². The molecule has 23 heavy (non-hydrogen) atoms. The van der Waals surface area contributed by atoms with Crippen molar-refractivity contribution in [1.82, 2.24) is 15.1 Å². The molecular formula is C16H23N5O2. The van der Waals surface area contributed by atoms with Gasteiger partial charge >= 0.3 is 0 Å². The standard InChI is InChI=1S/C16H23N5O2/c1-17-16(18-8-4-10-21-11-5-9-19-21)20-13-6-7-14(22-2)15(12-13)23-3/h5-7,9,11-12H,4,8,10H2,1-3H3,(H2,17,18,20). The van der Waals surface area contributed by atoms with Gasteiger partial charge in [-0.2, -0.15) is 5.10 Å². The molecule has 2 N–H and O–H groups in total. The minimum Gasteiger partial charge on any atom is -0.493 e. The summed E-state index contributed by atoms with van der Waals surface area (Å²) in [6, 6.07) is 7.56. The van der Waals surface area contributed by atoms with Crippen LogP contribution in [0.15, 0.2) is 41.7 Å². The second-order valence-corrected chi connectivity index (χ2v) is 4.82. The third-order valence-electron chi connectivity index (χ3n) is 3.29. The zero-order chi connectivity index (χ0) is 16.5. The average Bonchev–Trinajstić information content (AvgIpc) is 3.10. The Balaban J connectivity index is 1.84. The van der Waals surface area contributed by atoms with Crippen LogP contribution in [0, 0.1) is 0 Å². The van der Waals surface area contributed by atoms with Gasteiger partial charge in [-0.25, -0.2) is 0 Å². The summed E-state index contributed by atoms with van der Waals surface area (Å²) < 4.78 is 12.4. The summed E-state index contributed by atoms with van der Waals surface area (Å²) in [5.74, 6) is 2.07. The number of nitrogens with zero attached hydrogens (tertiary/aromatic N) is 3. The van der Waals surface area contributed by atoms with E-state index in [9.17, 15) is 0 Å². The van der Waals surface area contributed by atoms with Crippen molar-refractivity contribution in [2.45, 2.75) is 13.0 Å². The van der Waals surface area contributed by atoms with Crippen LogP contribution in [0.4, 0.5) is 5.69 Å². The maximum absolute atomic E-state index is 5.30. The number of aliphatic imine (C=N–C) groups is 1. The van der Waals surface area contributed by atoms with Gasteiger partial charge in [-0.15, -0.1) is 0 Å². The summed E-state index contributed by atoms with van der Waals surface area (Å²) >= 11 is 0. The number of aryl methyl sites for hydroxylation is 1. The SMILES string of the molecule is CN=C(NCCCn1cccn1)Nc1ccc(OC)c(OC)c1. The van der Waals surface area contributed by atoms with Crippen molar-refractivity contribution in [3.8, 4) is 11.5 Å². The molecule has 7 nitrogen and oxygen atoms in total. The van der Waals surface area contributed by atoms with Crippen LogP contribution in [0.3, 0.4) is 0 Å². The fourth-order valence-corrected chi connectivity index (χ4v) is 2.11. The molecule has 0 atom stereocenters. The highest BCUT2D eigenvalue weighted by molar-refractivity contribution is 5.93. The van der Waals surface area contributed by atoms with Crippen LogP contribution in [-0.4, -0.2) is 43.6 Å². The molecule has 0 saturated heterocycles. The predicted molar refractivity (Wildman–Crippen MR) is 91.4 cm³/mol. The predicted octanol–water partition coefficient (Wildman–Crippen LogP) is 1.98. The molecule has 0 fully saturated rings. The lowest BCUT2D eigenvalue weighted by Gasteiger charge is -2.14. The Morgan fingerprint density at radius 3 is 2.74 bits per heavy atom. The van der Waals surface area contributed by atoms with Gasteiger partial charge in [0.25, 0.3) is 0 Å². The van der Waals surface area contributed by atoms with E-state index in [1.807, 2.05) is 35.1 Å². The number of rotatable bonds is 7. The molecule has 0 bridgehead atoms. The van der Waals surface area contributed by atoms with Gasteiger partial charge in [-0.05, 0) is 24.6 Å². The zero-order valence-electron chi connectivity index (χ0n) is 13.7. The smallest absolute Gasteiger partial charge is 0.195 e. The van der Waals surface area contributed by atoms with E-state index in [0.717, 1.165) is 25.2 Å². The first kappa shape index (κ1) is 16.7.